The number of halogens is 2. The minimum Gasteiger partial charge on any atom is -0.327 e. The van der Waals surface area contributed by atoms with E-state index in [1.54, 1.807) is 6.07 Å². The highest BCUT2D eigenvalue weighted by atomic mass is 19.2. The van der Waals surface area contributed by atoms with Crippen molar-refractivity contribution in [2.45, 2.75) is 31.2 Å². The Morgan fingerprint density at radius 2 is 1.90 bits per heavy atom. The molecule has 0 fully saturated rings. The van der Waals surface area contributed by atoms with E-state index in [2.05, 4.69) is 12.1 Å². The summed E-state index contributed by atoms with van der Waals surface area (Å²) in [5.74, 6) is -1.11. The van der Waals surface area contributed by atoms with E-state index in [9.17, 15) is 8.78 Å². The standard InChI is InChI=1S/C17H17F2N/c18-16-7-3-5-12(17(16)19)9-14(20)10-13-8-11-4-1-2-6-15(11)13/h1-7,13-14H,8-10,20H2. The summed E-state index contributed by atoms with van der Waals surface area (Å²) < 4.78 is 26.8. The molecular formula is C17H17F2N. The van der Waals surface area contributed by atoms with Crippen LogP contribution in [-0.2, 0) is 12.8 Å². The van der Waals surface area contributed by atoms with Crippen LogP contribution in [0.3, 0.4) is 0 Å². The number of hydrogen-bond donors (Lipinski definition) is 1. The van der Waals surface area contributed by atoms with Crippen LogP contribution in [0.15, 0.2) is 42.5 Å². The Morgan fingerprint density at radius 3 is 2.70 bits per heavy atom. The molecule has 1 aliphatic rings. The van der Waals surface area contributed by atoms with E-state index in [0.717, 1.165) is 18.9 Å². The first-order chi connectivity index (χ1) is 9.65. The number of fused-ring (bicyclic) bond motifs is 1. The zero-order valence-electron chi connectivity index (χ0n) is 11.2. The number of rotatable bonds is 4. The quantitative estimate of drug-likeness (QED) is 0.905. The molecule has 0 spiro atoms. The number of benzene rings is 2. The molecule has 104 valence electrons. The second-order valence-electron chi connectivity index (χ2n) is 5.51. The molecule has 0 heterocycles. The summed E-state index contributed by atoms with van der Waals surface area (Å²) in [6, 6.07) is 12.4. The third kappa shape index (κ3) is 2.46. The maximum Gasteiger partial charge on any atom is 0.162 e. The number of nitrogens with two attached hydrogens (primary N) is 1. The molecule has 0 aliphatic heterocycles. The average Bonchev–Trinajstić information content (AvgIpc) is 2.41. The molecule has 1 aliphatic carbocycles. The van der Waals surface area contributed by atoms with Gasteiger partial charge in [-0.3, -0.25) is 0 Å². The van der Waals surface area contributed by atoms with E-state index < -0.39 is 11.6 Å². The molecule has 2 aromatic carbocycles. The van der Waals surface area contributed by atoms with Crippen molar-refractivity contribution >= 4 is 0 Å². The van der Waals surface area contributed by atoms with Crippen LogP contribution in [0.2, 0.25) is 0 Å². The highest BCUT2D eigenvalue weighted by Crippen LogP contribution is 2.38. The van der Waals surface area contributed by atoms with Crippen LogP contribution in [0.4, 0.5) is 8.78 Å². The van der Waals surface area contributed by atoms with Crippen LogP contribution in [0.25, 0.3) is 0 Å². The summed E-state index contributed by atoms with van der Waals surface area (Å²) in [6.07, 6.45) is 2.23. The molecule has 20 heavy (non-hydrogen) atoms. The molecule has 3 heteroatoms. The lowest BCUT2D eigenvalue weighted by molar-refractivity contribution is 0.463. The van der Waals surface area contributed by atoms with Crippen molar-refractivity contribution in [3.05, 3.63) is 70.8 Å². The summed E-state index contributed by atoms with van der Waals surface area (Å²) >= 11 is 0. The minimum absolute atomic E-state index is 0.148. The Balaban J connectivity index is 1.64. The normalized spacial score (nSPS) is 18.2. The van der Waals surface area contributed by atoms with Crippen molar-refractivity contribution in [1.29, 1.82) is 0 Å². The van der Waals surface area contributed by atoms with Gasteiger partial charge in [0, 0.05) is 6.04 Å². The molecule has 0 radical (unpaired) electrons. The Labute approximate surface area is 117 Å². The molecular weight excluding hydrogens is 256 g/mol. The van der Waals surface area contributed by atoms with Crippen molar-refractivity contribution in [3.8, 4) is 0 Å². The summed E-state index contributed by atoms with van der Waals surface area (Å²) in [5, 5.41) is 0. The molecule has 2 N–H and O–H groups in total. The van der Waals surface area contributed by atoms with Crippen LogP contribution >= 0.6 is 0 Å². The van der Waals surface area contributed by atoms with Gasteiger partial charge >= 0.3 is 0 Å². The smallest absolute Gasteiger partial charge is 0.162 e. The summed E-state index contributed by atoms with van der Waals surface area (Å²) in [5.41, 5.74) is 9.20. The molecule has 3 rings (SSSR count). The van der Waals surface area contributed by atoms with Gasteiger partial charge in [0.15, 0.2) is 11.6 Å². The fraction of sp³-hybridized carbons (Fsp3) is 0.294. The van der Waals surface area contributed by atoms with Crippen molar-refractivity contribution < 1.29 is 8.78 Å². The van der Waals surface area contributed by atoms with E-state index in [0.29, 0.717) is 17.9 Å². The predicted octanol–water partition coefficient (Wildman–Crippen LogP) is 3.56. The Morgan fingerprint density at radius 1 is 1.10 bits per heavy atom. The van der Waals surface area contributed by atoms with Gasteiger partial charge in [-0.05, 0) is 47.9 Å². The second-order valence-corrected chi connectivity index (χ2v) is 5.51. The van der Waals surface area contributed by atoms with Gasteiger partial charge in [-0.25, -0.2) is 8.78 Å². The van der Waals surface area contributed by atoms with Gasteiger partial charge in [-0.15, -0.1) is 0 Å². The molecule has 1 nitrogen and oxygen atoms in total. The molecule has 0 saturated heterocycles. The van der Waals surface area contributed by atoms with Crippen molar-refractivity contribution in [2.24, 2.45) is 5.73 Å². The van der Waals surface area contributed by atoms with Gasteiger partial charge in [-0.2, -0.15) is 0 Å². The molecule has 0 saturated carbocycles. The van der Waals surface area contributed by atoms with Crippen LogP contribution in [0, 0.1) is 11.6 Å². The monoisotopic (exact) mass is 273 g/mol. The van der Waals surface area contributed by atoms with Gasteiger partial charge in [0.25, 0.3) is 0 Å². The molecule has 2 unspecified atom stereocenters. The highest BCUT2D eigenvalue weighted by molar-refractivity contribution is 5.40. The first kappa shape index (κ1) is 13.3. The highest BCUT2D eigenvalue weighted by Gasteiger charge is 2.27. The summed E-state index contributed by atoms with van der Waals surface area (Å²) in [6.45, 7) is 0. The zero-order valence-corrected chi connectivity index (χ0v) is 11.2. The third-order valence-corrected chi connectivity index (χ3v) is 4.06. The first-order valence-electron chi connectivity index (χ1n) is 6.91. The average molecular weight is 273 g/mol. The summed E-state index contributed by atoms with van der Waals surface area (Å²) in [4.78, 5) is 0. The zero-order chi connectivity index (χ0) is 14.1. The van der Waals surface area contributed by atoms with Gasteiger partial charge in [0.1, 0.15) is 0 Å². The second kappa shape index (κ2) is 5.33. The van der Waals surface area contributed by atoms with Gasteiger partial charge in [0.2, 0.25) is 0 Å². The molecule has 2 atom stereocenters. The van der Waals surface area contributed by atoms with E-state index in [1.807, 2.05) is 12.1 Å². The maximum atomic E-state index is 13.6. The lowest BCUT2D eigenvalue weighted by Gasteiger charge is -2.32. The van der Waals surface area contributed by atoms with Crippen LogP contribution < -0.4 is 5.73 Å². The lowest BCUT2D eigenvalue weighted by atomic mass is 9.74. The molecule has 0 amide bonds. The van der Waals surface area contributed by atoms with Crippen molar-refractivity contribution in [2.75, 3.05) is 0 Å². The number of hydrogen-bond acceptors (Lipinski definition) is 1. The van der Waals surface area contributed by atoms with Crippen LogP contribution in [0.1, 0.15) is 29.0 Å². The largest absolute Gasteiger partial charge is 0.327 e. The minimum atomic E-state index is -0.802. The van der Waals surface area contributed by atoms with E-state index >= 15 is 0 Å². The van der Waals surface area contributed by atoms with Crippen molar-refractivity contribution in [3.63, 3.8) is 0 Å². The Kier molecular flexibility index (Phi) is 3.53. The fourth-order valence-corrected chi connectivity index (χ4v) is 3.01. The maximum absolute atomic E-state index is 13.6. The summed E-state index contributed by atoms with van der Waals surface area (Å²) in [7, 11) is 0. The molecule has 2 aromatic rings. The Bertz CT molecular complexity index is 624. The van der Waals surface area contributed by atoms with E-state index in [-0.39, 0.29) is 6.04 Å². The van der Waals surface area contributed by atoms with Crippen LogP contribution in [-0.4, -0.2) is 6.04 Å². The predicted molar refractivity (Wildman–Crippen MR) is 75.5 cm³/mol. The molecule has 0 bridgehead atoms. The van der Waals surface area contributed by atoms with E-state index in [1.165, 1.54) is 17.2 Å². The lowest BCUT2D eigenvalue weighted by Crippen LogP contribution is -2.30. The SMILES string of the molecule is NC(Cc1cccc(F)c1F)CC1Cc2ccccc21. The first-order valence-corrected chi connectivity index (χ1v) is 6.91. The van der Waals surface area contributed by atoms with Gasteiger partial charge < -0.3 is 5.73 Å². The van der Waals surface area contributed by atoms with Gasteiger partial charge in [0.05, 0.1) is 0 Å². The fourth-order valence-electron chi connectivity index (χ4n) is 3.01. The topological polar surface area (TPSA) is 26.0 Å². The van der Waals surface area contributed by atoms with E-state index in [4.69, 9.17) is 5.73 Å². The van der Waals surface area contributed by atoms with Crippen LogP contribution in [0.5, 0.6) is 0 Å². The van der Waals surface area contributed by atoms with Crippen molar-refractivity contribution in [1.82, 2.24) is 0 Å². The van der Waals surface area contributed by atoms with Gasteiger partial charge in [-0.1, -0.05) is 36.4 Å². The Hall–Kier alpha value is -1.74. The molecule has 0 aromatic heterocycles. The third-order valence-electron chi connectivity index (χ3n) is 4.06.